The highest BCUT2D eigenvalue weighted by molar-refractivity contribution is 7.86. The van der Waals surface area contributed by atoms with E-state index in [-0.39, 0.29) is 6.04 Å². The lowest BCUT2D eigenvalue weighted by Gasteiger charge is -2.35. The van der Waals surface area contributed by atoms with Gasteiger partial charge in [-0.2, -0.15) is 17.0 Å². The molecule has 1 saturated carbocycles. The fourth-order valence-corrected chi connectivity index (χ4v) is 7.77. The Morgan fingerprint density at radius 1 is 0.941 bits per heavy atom. The summed E-state index contributed by atoms with van der Waals surface area (Å²) in [5.41, 5.74) is 3.30. The number of para-hydroxylation sites is 1. The van der Waals surface area contributed by atoms with Crippen molar-refractivity contribution in [2.45, 2.75) is 83.3 Å². The number of aromatic amines is 1. The van der Waals surface area contributed by atoms with Crippen LogP contribution in [-0.4, -0.2) is 52.7 Å². The third-order valence-corrected chi connectivity index (χ3v) is 9.95. The maximum Gasteiger partial charge on any atom is 0.282 e. The van der Waals surface area contributed by atoms with Crippen LogP contribution in [0.3, 0.4) is 0 Å². The maximum atomic E-state index is 13.9. The molecular formula is C26H39N5O2S. The van der Waals surface area contributed by atoms with Gasteiger partial charge in [0.25, 0.3) is 10.2 Å². The molecule has 0 bridgehead atoms. The Morgan fingerprint density at radius 3 is 2.44 bits per heavy atom. The summed E-state index contributed by atoms with van der Waals surface area (Å²) in [6, 6.07) is 8.50. The Labute approximate surface area is 204 Å². The number of fused-ring (bicyclic) bond motifs is 1. The Balaban J connectivity index is 1.46. The number of nitrogens with one attached hydrogen (secondary N) is 1. The van der Waals surface area contributed by atoms with E-state index in [4.69, 9.17) is 0 Å². The molecule has 2 aromatic rings. The van der Waals surface area contributed by atoms with Crippen molar-refractivity contribution in [1.82, 2.24) is 18.6 Å². The summed E-state index contributed by atoms with van der Waals surface area (Å²) >= 11 is 0. The summed E-state index contributed by atoms with van der Waals surface area (Å²) in [6.07, 6.45) is 15.3. The highest BCUT2D eigenvalue weighted by Gasteiger charge is 2.37. The zero-order valence-corrected chi connectivity index (χ0v) is 21.1. The monoisotopic (exact) mass is 485 g/mol. The van der Waals surface area contributed by atoms with Gasteiger partial charge in [0.2, 0.25) is 0 Å². The Bertz CT molecular complexity index is 1010. The van der Waals surface area contributed by atoms with Crippen LogP contribution in [0.2, 0.25) is 0 Å². The number of nitrogens with zero attached hydrogens (tertiary/aromatic N) is 4. The predicted octanol–water partition coefficient (Wildman–Crippen LogP) is 4.69. The number of anilines is 1. The van der Waals surface area contributed by atoms with Crippen LogP contribution in [0.15, 0.2) is 36.8 Å². The van der Waals surface area contributed by atoms with Crippen molar-refractivity contribution in [2.75, 3.05) is 24.5 Å². The number of rotatable bonds is 7. The molecule has 1 aromatic carbocycles. The fraction of sp³-hybridized carbons (Fsp3) is 0.654. The average molecular weight is 486 g/mol. The summed E-state index contributed by atoms with van der Waals surface area (Å²) in [5.74, 6) is 0.781. The van der Waals surface area contributed by atoms with Crippen LogP contribution in [0.4, 0.5) is 5.69 Å². The van der Waals surface area contributed by atoms with Crippen molar-refractivity contribution in [1.29, 1.82) is 0 Å². The lowest BCUT2D eigenvalue weighted by molar-refractivity contribution is 0.312. The van der Waals surface area contributed by atoms with Gasteiger partial charge in [0, 0.05) is 44.1 Å². The van der Waals surface area contributed by atoms with Gasteiger partial charge in [0.15, 0.2) is 0 Å². The summed E-state index contributed by atoms with van der Waals surface area (Å²) < 4.78 is 31.3. The topological polar surface area (TPSA) is 72.5 Å². The van der Waals surface area contributed by atoms with Gasteiger partial charge < -0.3 is 9.88 Å². The summed E-state index contributed by atoms with van der Waals surface area (Å²) in [6.45, 7) is 2.98. The molecule has 1 saturated heterocycles. The van der Waals surface area contributed by atoms with Crippen LogP contribution in [0.1, 0.15) is 75.5 Å². The van der Waals surface area contributed by atoms with Crippen molar-refractivity contribution < 1.29 is 8.42 Å². The van der Waals surface area contributed by atoms with Gasteiger partial charge in [0.05, 0.1) is 18.6 Å². The molecule has 1 N–H and O–H groups in total. The second-order valence-electron chi connectivity index (χ2n) is 10.3. The third-order valence-electron chi connectivity index (χ3n) is 8.00. The van der Waals surface area contributed by atoms with Crippen LogP contribution in [0.5, 0.6) is 0 Å². The number of imidazole rings is 1. The summed E-state index contributed by atoms with van der Waals surface area (Å²) in [5, 5.41) is 0. The lowest BCUT2D eigenvalue weighted by atomic mass is 9.97. The lowest BCUT2D eigenvalue weighted by Crippen LogP contribution is -2.48. The van der Waals surface area contributed by atoms with Gasteiger partial charge in [-0.15, -0.1) is 0 Å². The highest BCUT2D eigenvalue weighted by Crippen LogP contribution is 2.35. The van der Waals surface area contributed by atoms with E-state index < -0.39 is 10.2 Å². The zero-order valence-electron chi connectivity index (χ0n) is 20.2. The minimum atomic E-state index is -3.51. The largest absolute Gasteiger partial charge is 0.361 e. The standard InChI is InChI=1S/C26H39N5O2S/c32-34(33,29-15-7-1-2-8-16-29)30-18-23-11-5-6-12-26(23)31(19-24-17-27-21-28-24)25(20-30)14-13-22-9-3-4-10-22/h5-6,11-12,17,21-22,25H,1-4,7-10,13-16,18-20H2,(H,27,28). The van der Waals surface area contributed by atoms with Gasteiger partial charge in [-0.05, 0) is 43.2 Å². The normalized spacial score (nSPS) is 23.5. The van der Waals surface area contributed by atoms with Gasteiger partial charge in [-0.3, -0.25) is 0 Å². The average Bonchev–Trinajstić information content (AvgIpc) is 3.45. The Kier molecular flexibility index (Phi) is 7.56. The van der Waals surface area contributed by atoms with Crippen LogP contribution in [0.25, 0.3) is 0 Å². The second kappa shape index (κ2) is 10.8. The van der Waals surface area contributed by atoms with Crippen molar-refractivity contribution in [3.63, 3.8) is 0 Å². The smallest absolute Gasteiger partial charge is 0.282 e. The second-order valence-corrected chi connectivity index (χ2v) is 12.3. The molecule has 8 heteroatoms. The first-order chi connectivity index (χ1) is 16.6. The number of hydrogen-bond donors (Lipinski definition) is 1. The molecule has 0 amide bonds. The van der Waals surface area contributed by atoms with E-state index in [1.807, 2.05) is 12.3 Å². The SMILES string of the molecule is O=S(=O)(N1CCCCCC1)N1Cc2ccccc2N(Cc2cnc[nH]2)C(CCC2CCCC2)C1. The number of benzene rings is 1. The van der Waals surface area contributed by atoms with E-state index in [9.17, 15) is 8.42 Å². The maximum absolute atomic E-state index is 13.9. The molecule has 5 rings (SSSR count). The van der Waals surface area contributed by atoms with Crippen molar-refractivity contribution >= 4 is 15.9 Å². The molecule has 186 valence electrons. The summed E-state index contributed by atoms with van der Waals surface area (Å²) in [4.78, 5) is 9.93. The van der Waals surface area contributed by atoms with E-state index in [1.165, 1.54) is 32.1 Å². The molecule has 0 spiro atoms. The quantitative estimate of drug-likeness (QED) is 0.617. The first-order valence-electron chi connectivity index (χ1n) is 13.2. The minimum Gasteiger partial charge on any atom is -0.361 e. The Hall–Kier alpha value is -1.90. The molecular weight excluding hydrogens is 446 g/mol. The van der Waals surface area contributed by atoms with E-state index >= 15 is 0 Å². The first-order valence-corrected chi connectivity index (χ1v) is 14.6. The fourth-order valence-electron chi connectivity index (χ4n) is 6.06. The van der Waals surface area contributed by atoms with Crippen molar-refractivity contribution in [2.24, 2.45) is 5.92 Å². The summed E-state index contributed by atoms with van der Waals surface area (Å²) in [7, 11) is -3.51. The van der Waals surface area contributed by atoms with Crippen molar-refractivity contribution in [3.05, 3.63) is 48.0 Å². The van der Waals surface area contributed by atoms with Crippen LogP contribution < -0.4 is 4.90 Å². The molecule has 3 heterocycles. The van der Waals surface area contributed by atoms with E-state index in [0.29, 0.717) is 32.7 Å². The third kappa shape index (κ3) is 5.34. The molecule has 1 atom stereocenters. The van der Waals surface area contributed by atoms with E-state index in [0.717, 1.165) is 55.0 Å². The number of H-pyrrole nitrogens is 1. The minimum absolute atomic E-state index is 0.134. The number of aromatic nitrogens is 2. The Morgan fingerprint density at radius 2 is 1.71 bits per heavy atom. The molecule has 1 unspecified atom stereocenters. The van der Waals surface area contributed by atoms with Gasteiger partial charge in [-0.1, -0.05) is 56.7 Å². The molecule has 1 aromatic heterocycles. The van der Waals surface area contributed by atoms with Crippen LogP contribution >= 0.6 is 0 Å². The van der Waals surface area contributed by atoms with Crippen LogP contribution in [-0.2, 0) is 23.3 Å². The molecule has 34 heavy (non-hydrogen) atoms. The molecule has 2 fully saturated rings. The molecule has 1 aliphatic carbocycles. The molecule has 7 nitrogen and oxygen atoms in total. The first kappa shape index (κ1) is 23.8. The molecule has 3 aliphatic rings. The van der Waals surface area contributed by atoms with Gasteiger partial charge >= 0.3 is 0 Å². The van der Waals surface area contributed by atoms with Crippen molar-refractivity contribution in [3.8, 4) is 0 Å². The van der Waals surface area contributed by atoms with E-state index in [1.54, 1.807) is 14.9 Å². The van der Waals surface area contributed by atoms with Gasteiger partial charge in [-0.25, -0.2) is 4.98 Å². The molecule has 0 radical (unpaired) electrons. The van der Waals surface area contributed by atoms with Gasteiger partial charge in [0.1, 0.15) is 0 Å². The highest BCUT2D eigenvalue weighted by atomic mass is 32.2. The molecule has 2 aliphatic heterocycles. The zero-order chi connectivity index (χ0) is 23.4. The predicted molar refractivity (Wildman–Crippen MR) is 136 cm³/mol. The van der Waals surface area contributed by atoms with Crippen LogP contribution in [0, 0.1) is 5.92 Å². The van der Waals surface area contributed by atoms with E-state index in [2.05, 4.69) is 33.1 Å². The number of hydrogen-bond acceptors (Lipinski definition) is 4.